The number of esters is 1. The Kier molecular flexibility index (Phi) is 25.2. The van der Waals surface area contributed by atoms with Gasteiger partial charge in [0.05, 0.1) is 124 Å². The molecule has 0 unspecified atom stereocenters. The third-order valence-corrected chi connectivity index (χ3v) is 13.5. The fourth-order valence-electron chi connectivity index (χ4n) is 8.90. The van der Waals surface area contributed by atoms with Crippen LogP contribution in [0.5, 0.6) is 11.5 Å². The molecule has 0 amide bonds. The maximum absolute atomic E-state index is 13.6. The minimum Gasteiger partial charge on any atom is -0.491 e. The minimum atomic E-state index is -4.44. The molecule has 0 bridgehead atoms. The largest absolute Gasteiger partial charge is 0.491 e. The van der Waals surface area contributed by atoms with Crippen LogP contribution in [0.4, 0.5) is 19.0 Å². The zero-order chi connectivity index (χ0) is 57.6. The van der Waals surface area contributed by atoms with Crippen LogP contribution in [0.2, 0.25) is 5.28 Å². The van der Waals surface area contributed by atoms with Crippen LogP contribution in [0.1, 0.15) is 30.2 Å². The Morgan fingerprint density at radius 1 is 0.827 bits per heavy atom. The molecule has 31 heteroatoms. The monoisotopic (exact) mass is 1190 g/mol. The highest BCUT2D eigenvalue weighted by atomic mass is 35.5. The number of aromatic nitrogens is 4. The number of anilines is 1. The number of carbonyl (C=O) groups excluding carboxylic acids is 1. The molecule has 26 nitrogen and oxygen atoms in total. The molecule has 2 fully saturated rings. The van der Waals surface area contributed by atoms with Crippen LogP contribution in [-0.2, 0) is 68.6 Å². The number of aliphatic hydroxyl groups is 2. The topological polar surface area (TPSA) is 325 Å². The molecule has 1 aliphatic carbocycles. The SMILES string of the molecule is N/N=C(\C=[NH+]CCOCCOCCOCCOCCC(=O)Oc1c(F)cc(F)cc1F)COCCOCCOCCOCCOc1ccc2c(c1)C1(CC2)CN(c2nc(Cl)nc3c2cnn3[C@@H]2O[C@H](COCP(=O)(O)O)[C@@H](O)[C@H]2O)C1. The molecule has 4 heterocycles. The van der Waals surface area contributed by atoms with Gasteiger partial charge < -0.3 is 87.6 Å². The summed E-state index contributed by atoms with van der Waals surface area (Å²) in [6.07, 6.45) is -1.20. The number of halogens is 4. The minimum absolute atomic E-state index is 0.0455. The van der Waals surface area contributed by atoms with Gasteiger partial charge in [-0.2, -0.15) is 20.2 Å². The van der Waals surface area contributed by atoms with Crippen LogP contribution in [0.3, 0.4) is 0 Å². The molecule has 3 aliphatic rings. The van der Waals surface area contributed by atoms with Gasteiger partial charge in [0.2, 0.25) is 11.0 Å². The zero-order valence-corrected chi connectivity index (χ0v) is 45.9. The number of nitrogens with two attached hydrogens (primary N) is 1. The molecule has 2 saturated heterocycles. The first kappa shape index (κ1) is 63.5. The van der Waals surface area contributed by atoms with E-state index in [9.17, 15) is 32.7 Å². The highest BCUT2D eigenvalue weighted by Gasteiger charge is 2.50. The van der Waals surface area contributed by atoms with E-state index in [-0.39, 0.29) is 55.8 Å². The van der Waals surface area contributed by atoms with Gasteiger partial charge in [0.1, 0.15) is 61.0 Å². The van der Waals surface area contributed by atoms with Gasteiger partial charge in [0, 0.05) is 30.6 Å². The van der Waals surface area contributed by atoms with E-state index in [1.807, 2.05) is 6.07 Å². The fraction of sp³-hybridized carbons (Fsp3) is 0.600. The molecule has 2 aliphatic heterocycles. The summed E-state index contributed by atoms with van der Waals surface area (Å²) in [6, 6.07) is 7.00. The Bertz CT molecular complexity index is 2720. The molecular weight excluding hydrogens is 1120 g/mol. The molecule has 2 aromatic heterocycles. The smallest absolute Gasteiger partial charge is 0.350 e. The van der Waals surface area contributed by atoms with Crippen molar-refractivity contribution >= 4 is 53.9 Å². The van der Waals surface area contributed by atoms with E-state index in [1.165, 1.54) is 15.8 Å². The summed E-state index contributed by atoms with van der Waals surface area (Å²) >= 11 is 6.43. The number of carbonyl (C=O) groups is 1. The molecule has 81 heavy (non-hydrogen) atoms. The number of aliphatic hydroxyl groups excluding tert-OH is 2. The summed E-state index contributed by atoms with van der Waals surface area (Å²) in [5.74, 6) is 1.14. The predicted octanol–water partition coefficient (Wildman–Crippen LogP) is 0.346. The molecule has 1 spiro atoms. The van der Waals surface area contributed by atoms with E-state index in [0.717, 1.165) is 18.6 Å². The van der Waals surface area contributed by atoms with Crippen LogP contribution in [0.15, 0.2) is 41.6 Å². The summed E-state index contributed by atoms with van der Waals surface area (Å²) in [5, 5.41) is 30.1. The molecule has 7 rings (SSSR count). The third kappa shape index (κ3) is 19.2. The quantitative estimate of drug-likeness (QED) is 0.00515. The van der Waals surface area contributed by atoms with Gasteiger partial charge in [-0.3, -0.25) is 9.36 Å². The number of benzene rings is 2. The van der Waals surface area contributed by atoms with Gasteiger partial charge >= 0.3 is 13.6 Å². The van der Waals surface area contributed by atoms with Crippen LogP contribution in [-0.4, -0.2) is 221 Å². The van der Waals surface area contributed by atoms with E-state index in [1.54, 1.807) is 12.4 Å². The standard InChI is InChI=1S/C50H67ClF3N8O18P/c51-49-58-46(37-27-57-62(47(37)59-49)48-44(65)43(64)41(79-48)29-77-32-81(66,67)68)61-30-50(31-61)5-3-33-1-2-36(25-38(33)50)78-22-21-75-18-17-73-15-16-74-19-20-76-28-35(60-55)26-56-6-8-70-10-12-72-14-13-71-11-9-69-7-4-42(63)80-45-39(53)23-34(52)24-40(45)54/h1-2,23-27,41,43-44,48,64-65H,3-22,28-32,55H2,(H2,66,67,68)/p+1/b56-26?,60-35+/t41-,43-,44-,48-/m1/s1. The second-order valence-electron chi connectivity index (χ2n) is 18.6. The molecule has 4 atom stereocenters. The van der Waals surface area contributed by atoms with Gasteiger partial charge in [-0.25, -0.2) is 22.8 Å². The van der Waals surface area contributed by atoms with Crippen molar-refractivity contribution in [1.29, 1.82) is 0 Å². The van der Waals surface area contributed by atoms with Crippen molar-refractivity contribution in [2.24, 2.45) is 10.9 Å². The van der Waals surface area contributed by atoms with Gasteiger partial charge in [-0.15, -0.1) is 0 Å². The van der Waals surface area contributed by atoms with Crippen LogP contribution in [0.25, 0.3) is 11.0 Å². The van der Waals surface area contributed by atoms with Crippen molar-refractivity contribution in [2.45, 2.75) is 49.2 Å². The van der Waals surface area contributed by atoms with E-state index in [4.69, 9.17) is 79.3 Å². The van der Waals surface area contributed by atoms with Crippen molar-refractivity contribution < 1.29 is 104 Å². The summed E-state index contributed by atoms with van der Waals surface area (Å²) < 4.78 is 118. The van der Waals surface area contributed by atoms with Crippen LogP contribution in [0, 0.1) is 17.5 Å². The Balaban J connectivity index is 0.652. The number of fused-ring (bicyclic) bond motifs is 3. The first-order valence-corrected chi connectivity index (χ1v) is 28.2. The molecule has 0 saturated carbocycles. The first-order valence-electron chi connectivity index (χ1n) is 26.0. The van der Waals surface area contributed by atoms with Crippen molar-refractivity contribution in [3.8, 4) is 11.5 Å². The number of hydrogen-bond donors (Lipinski definition) is 6. The Morgan fingerprint density at radius 2 is 1.43 bits per heavy atom. The lowest BCUT2D eigenvalue weighted by atomic mass is 9.74. The van der Waals surface area contributed by atoms with E-state index >= 15 is 0 Å². The number of ether oxygens (including phenoxy) is 12. The van der Waals surface area contributed by atoms with Gasteiger partial charge in [-0.1, -0.05) is 6.07 Å². The average Bonchev–Trinajstić information content (AvgIpc) is 4.13. The Morgan fingerprint density at radius 3 is 2.06 bits per heavy atom. The van der Waals surface area contributed by atoms with Gasteiger partial charge in [0.25, 0.3) is 0 Å². The number of hydrogen-bond acceptors (Lipinski definition) is 22. The highest BCUT2D eigenvalue weighted by Crippen LogP contribution is 2.49. The molecule has 2 aromatic carbocycles. The lowest BCUT2D eigenvalue weighted by Crippen LogP contribution is -2.71. The number of nitrogens with one attached hydrogen (secondary N) is 1. The maximum atomic E-state index is 13.6. The number of hydrazone groups is 1. The summed E-state index contributed by atoms with van der Waals surface area (Å²) in [4.78, 5) is 44.0. The van der Waals surface area contributed by atoms with Crippen LogP contribution >= 0.6 is 19.2 Å². The number of rotatable bonds is 38. The van der Waals surface area contributed by atoms with Crippen molar-refractivity contribution in [3.05, 3.63) is 70.4 Å². The molecular formula is C50H68ClF3N8O18P+. The summed E-state index contributed by atoms with van der Waals surface area (Å²) in [7, 11) is -4.44. The summed E-state index contributed by atoms with van der Waals surface area (Å²) in [6.45, 7) is 6.73. The lowest BCUT2D eigenvalue weighted by Gasteiger charge is -2.49. The molecule has 0 radical (unpaired) electrons. The maximum Gasteiger partial charge on any atom is 0.350 e. The van der Waals surface area contributed by atoms with E-state index in [2.05, 4.69) is 46.9 Å². The third-order valence-electron chi connectivity index (χ3n) is 12.8. The van der Waals surface area contributed by atoms with Crippen molar-refractivity contribution in [2.75, 3.05) is 150 Å². The second-order valence-corrected chi connectivity index (χ2v) is 20.6. The van der Waals surface area contributed by atoms with E-state index in [0.29, 0.717) is 135 Å². The van der Waals surface area contributed by atoms with Crippen molar-refractivity contribution in [1.82, 2.24) is 19.7 Å². The normalized spacial score (nSPS) is 18.9. The van der Waals surface area contributed by atoms with E-state index < -0.39 is 67.7 Å². The summed E-state index contributed by atoms with van der Waals surface area (Å²) in [5.41, 5.74) is 3.13. The van der Waals surface area contributed by atoms with Crippen molar-refractivity contribution in [3.63, 3.8) is 0 Å². The Hall–Kier alpha value is -5.05. The predicted molar refractivity (Wildman–Crippen MR) is 280 cm³/mol. The first-order chi connectivity index (χ1) is 39.1. The fourth-order valence-corrected chi connectivity index (χ4v) is 9.40. The molecule has 7 N–H and O–H groups in total. The molecule has 448 valence electrons. The number of aryl methyl sites for hydroxylation is 1. The molecule has 4 aromatic rings. The Labute approximate surface area is 468 Å². The number of nitrogens with zero attached hydrogens (tertiary/aromatic N) is 6. The highest BCUT2D eigenvalue weighted by molar-refractivity contribution is 7.51. The average molecular weight is 1190 g/mol. The zero-order valence-electron chi connectivity index (χ0n) is 44.3. The lowest BCUT2D eigenvalue weighted by molar-refractivity contribution is -0.454. The second kappa shape index (κ2) is 32.1. The van der Waals surface area contributed by atoms with Crippen LogP contribution < -0.4 is 25.2 Å². The van der Waals surface area contributed by atoms with Gasteiger partial charge in [-0.05, 0) is 47.7 Å². The van der Waals surface area contributed by atoms with Gasteiger partial charge in [0.15, 0.2) is 36.3 Å².